The van der Waals surface area contributed by atoms with E-state index in [1.165, 1.54) is 6.07 Å². The van der Waals surface area contributed by atoms with Crippen LogP contribution in [0.15, 0.2) is 66.1 Å². The summed E-state index contributed by atoms with van der Waals surface area (Å²) < 4.78 is 8.88. The van der Waals surface area contributed by atoms with Gasteiger partial charge in [-0.1, -0.05) is 18.2 Å². The third-order valence-corrected chi connectivity index (χ3v) is 5.73. The largest absolute Gasteiger partial charge is 0.377 e. The van der Waals surface area contributed by atoms with Crippen molar-refractivity contribution in [2.45, 2.75) is 19.4 Å². The molecular formula is C24H25N7O2. The van der Waals surface area contributed by atoms with Gasteiger partial charge in [0.15, 0.2) is 5.82 Å². The Morgan fingerprint density at radius 2 is 1.97 bits per heavy atom. The van der Waals surface area contributed by atoms with Gasteiger partial charge < -0.3 is 9.64 Å². The van der Waals surface area contributed by atoms with Gasteiger partial charge in [-0.2, -0.15) is 10.2 Å². The number of ether oxygens (including phenoxy) is 1. The maximum absolute atomic E-state index is 12.4. The van der Waals surface area contributed by atoms with E-state index in [1.807, 2.05) is 49.9 Å². The second-order valence-corrected chi connectivity index (χ2v) is 8.20. The zero-order valence-corrected chi connectivity index (χ0v) is 18.6. The van der Waals surface area contributed by atoms with Crippen molar-refractivity contribution in [3.63, 3.8) is 0 Å². The molecule has 1 aromatic carbocycles. The van der Waals surface area contributed by atoms with Crippen molar-refractivity contribution in [2.24, 2.45) is 7.05 Å². The highest BCUT2D eigenvalue weighted by Crippen LogP contribution is 2.22. The summed E-state index contributed by atoms with van der Waals surface area (Å²) in [5.74, 6) is 0.648. The Bertz CT molecular complexity index is 1310. The first-order valence-electron chi connectivity index (χ1n) is 10.9. The summed E-state index contributed by atoms with van der Waals surface area (Å²) in [7, 11) is 1.84. The Kier molecular flexibility index (Phi) is 5.70. The first kappa shape index (κ1) is 21.0. The number of hydrogen-bond acceptors (Lipinski definition) is 7. The zero-order valence-electron chi connectivity index (χ0n) is 18.6. The number of aromatic nitrogens is 6. The fourth-order valence-electron chi connectivity index (χ4n) is 3.98. The molecule has 1 aliphatic heterocycles. The second kappa shape index (κ2) is 8.95. The highest BCUT2D eigenvalue weighted by atomic mass is 16.5. The highest BCUT2D eigenvalue weighted by molar-refractivity contribution is 5.58. The van der Waals surface area contributed by atoms with Gasteiger partial charge in [0, 0.05) is 43.9 Å². The van der Waals surface area contributed by atoms with E-state index in [4.69, 9.17) is 4.74 Å². The van der Waals surface area contributed by atoms with E-state index in [-0.39, 0.29) is 5.43 Å². The van der Waals surface area contributed by atoms with Crippen LogP contribution in [0.1, 0.15) is 18.2 Å². The molecule has 0 amide bonds. The molecule has 9 nitrogen and oxygen atoms in total. The van der Waals surface area contributed by atoms with Gasteiger partial charge in [-0.3, -0.25) is 9.48 Å². The van der Waals surface area contributed by atoms with E-state index in [9.17, 15) is 4.79 Å². The van der Waals surface area contributed by atoms with Gasteiger partial charge in [0.05, 0.1) is 43.7 Å². The number of benzene rings is 1. The molecule has 0 saturated carbocycles. The maximum Gasteiger partial charge on any atom is 0.203 e. The molecular weight excluding hydrogens is 418 g/mol. The van der Waals surface area contributed by atoms with Crippen molar-refractivity contribution in [3.8, 4) is 17.1 Å². The van der Waals surface area contributed by atoms with Crippen LogP contribution in [0.25, 0.3) is 17.1 Å². The van der Waals surface area contributed by atoms with Crippen LogP contribution in [0.3, 0.4) is 0 Å². The molecule has 0 spiro atoms. The molecule has 0 bridgehead atoms. The monoisotopic (exact) mass is 443 g/mol. The Labute approximate surface area is 191 Å². The van der Waals surface area contributed by atoms with Crippen molar-refractivity contribution in [1.29, 1.82) is 0 Å². The maximum atomic E-state index is 12.4. The predicted octanol–water partition coefficient (Wildman–Crippen LogP) is 2.24. The first-order valence-corrected chi connectivity index (χ1v) is 10.9. The van der Waals surface area contributed by atoms with E-state index >= 15 is 0 Å². The van der Waals surface area contributed by atoms with Crippen LogP contribution in [0.5, 0.6) is 0 Å². The number of hydrogen-bond donors (Lipinski definition) is 0. The van der Waals surface area contributed by atoms with Gasteiger partial charge in [-0.05, 0) is 18.6 Å². The number of nitrogens with zero attached hydrogens (tertiary/aromatic N) is 7. The van der Waals surface area contributed by atoms with Crippen molar-refractivity contribution < 1.29 is 4.74 Å². The van der Waals surface area contributed by atoms with Crippen molar-refractivity contribution >= 4 is 5.69 Å². The minimum Gasteiger partial charge on any atom is -0.377 e. The second-order valence-electron chi connectivity index (χ2n) is 8.20. The van der Waals surface area contributed by atoms with Crippen LogP contribution >= 0.6 is 0 Å². The Balaban J connectivity index is 1.37. The Morgan fingerprint density at radius 3 is 2.73 bits per heavy atom. The van der Waals surface area contributed by atoms with Gasteiger partial charge in [0.25, 0.3) is 0 Å². The number of rotatable bonds is 5. The average Bonchev–Trinajstić information content (AvgIpc) is 3.27. The van der Waals surface area contributed by atoms with E-state index in [0.717, 1.165) is 29.0 Å². The lowest BCUT2D eigenvalue weighted by atomic mass is 10.1. The summed E-state index contributed by atoms with van der Waals surface area (Å²) in [6.45, 7) is 4.39. The average molecular weight is 444 g/mol. The molecule has 9 heteroatoms. The quantitative estimate of drug-likeness (QED) is 0.467. The third-order valence-electron chi connectivity index (χ3n) is 5.73. The minimum atomic E-state index is -0.0965. The smallest absolute Gasteiger partial charge is 0.203 e. The van der Waals surface area contributed by atoms with Gasteiger partial charge in [0.2, 0.25) is 5.43 Å². The van der Waals surface area contributed by atoms with Crippen LogP contribution in [-0.4, -0.2) is 55.3 Å². The fraction of sp³-hybridized carbons (Fsp3) is 0.292. The lowest BCUT2D eigenvalue weighted by molar-refractivity contribution is 0.0989. The van der Waals surface area contributed by atoms with Crippen LogP contribution in [0, 0.1) is 0 Å². The van der Waals surface area contributed by atoms with Gasteiger partial charge >= 0.3 is 0 Å². The summed E-state index contributed by atoms with van der Waals surface area (Å²) in [6, 6.07) is 9.75. The molecule has 0 aliphatic carbocycles. The zero-order chi connectivity index (χ0) is 22.8. The van der Waals surface area contributed by atoms with Crippen molar-refractivity contribution in [1.82, 2.24) is 29.5 Å². The summed E-state index contributed by atoms with van der Waals surface area (Å²) in [5.41, 5.74) is 4.04. The molecule has 5 rings (SSSR count). The number of aryl methyl sites for hydroxylation is 1. The summed E-state index contributed by atoms with van der Waals surface area (Å²) in [5, 5.41) is 8.70. The topological polar surface area (TPSA) is 91.0 Å². The van der Waals surface area contributed by atoms with Crippen LogP contribution in [-0.2, 0) is 18.2 Å². The SMILES string of the molecule is CC1COCCN1c1cnc(-c2cccc(Cc3nn(-c4cnn(C)c4)ccc3=O)c2)nc1. The molecule has 4 aromatic rings. The molecule has 1 fully saturated rings. The van der Waals surface area contributed by atoms with Gasteiger partial charge in [0.1, 0.15) is 11.4 Å². The molecule has 1 unspecified atom stereocenters. The first-order chi connectivity index (χ1) is 16.1. The normalized spacial score (nSPS) is 16.2. The lowest BCUT2D eigenvalue weighted by Gasteiger charge is -2.34. The molecule has 0 N–H and O–H groups in total. The predicted molar refractivity (Wildman–Crippen MR) is 125 cm³/mol. The molecule has 33 heavy (non-hydrogen) atoms. The standard InChI is InChI=1S/C24H25N7O2/c1-17-16-33-9-8-30(17)20-12-25-24(26-13-20)19-5-3-4-18(10-19)11-22-23(32)6-7-31(28-22)21-14-27-29(2)15-21/h3-7,10,12-15,17H,8-9,11,16H2,1-2H3. The summed E-state index contributed by atoms with van der Waals surface area (Å²) >= 11 is 0. The van der Waals surface area contributed by atoms with Crippen LogP contribution in [0.4, 0.5) is 5.69 Å². The van der Waals surface area contributed by atoms with E-state index in [1.54, 1.807) is 21.8 Å². The highest BCUT2D eigenvalue weighted by Gasteiger charge is 2.19. The number of morpholine rings is 1. The Morgan fingerprint density at radius 1 is 1.12 bits per heavy atom. The molecule has 1 saturated heterocycles. The molecule has 168 valence electrons. The minimum absolute atomic E-state index is 0.0965. The van der Waals surface area contributed by atoms with Crippen LogP contribution in [0.2, 0.25) is 0 Å². The molecule has 4 heterocycles. The molecule has 1 aliphatic rings. The number of anilines is 1. The van der Waals surface area contributed by atoms with Gasteiger partial charge in [-0.15, -0.1) is 0 Å². The summed E-state index contributed by atoms with van der Waals surface area (Å²) in [4.78, 5) is 23.9. The molecule has 3 aromatic heterocycles. The van der Waals surface area contributed by atoms with Crippen molar-refractivity contribution in [2.75, 3.05) is 24.7 Å². The van der Waals surface area contributed by atoms with E-state index in [2.05, 4.69) is 32.0 Å². The van der Waals surface area contributed by atoms with E-state index in [0.29, 0.717) is 37.2 Å². The van der Waals surface area contributed by atoms with Gasteiger partial charge in [-0.25, -0.2) is 14.6 Å². The lowest BCUT2D eigenvalue weighted by Crippen LogP contribution is -2.43. The van der Waals surface area contributed by atoms with Crippen LogP contribution < -0.4 is 10.3 Å². The summed E-state index contributed by atoms with van der Waals surface area (Å²) in [6.07, 6.45) is 9.35. The van der Waals surface area contributed by atoms with E-state index < -0.39 is 0 Å². The third kappa shape index (κ3) is 4.54. The molecule has 0 radical (unpaired) electrons. The fourth-order valence-corrected chi connectivity index (χ4v) is 3.98. The Hall–Kier alpha value is -3.85. The molecule has 1 atom stereocenters. The van der Waals surface area contributed by atoms with Crippen molar-refractivity contribution in [3.05, 3.63) is 82.8 Å².